The standard InChI is InChI=1S/C19H22FNO3/c1-12-10-14(20)4-8-17(12)18-9-7-16(24-18)11-21-15-5-2-13(3-6-15)19(22)23/h4,7-10,13,15,21H,2-3,5-6,11H2,1H3,(H,22,23). The Morgan fingerprint density at radius 3 is 2.67 bits per heavy atom. The molecule has 1 aliphatic rings. The number of carbonyl (C=O) groups is 1. The van der Waals surface area contributed by atoms with E-state index in [1.807, 2.05) is 19.1 Å². The average molecular weight is 331 g/mol. The van der Waals surface area contributed by atoms with Crippen molar-refractivity contribution in [2.45, 2.75) is 45.2 Å². The van der Waals surface area contributed by atoms with Crippen LogP contribution in [-0.4, -0.2) is 17.1 Å². The minimum absolute atomic E-state index is 0.195. The Balaban J connectivity index is 1.56. The summed E-state index contributed by atoms with van der Waals surface area (Å²) in [5, 5.41) is 12.5. The highest BCUT2D eigenvalue weighted by atomic mass is 19.1. The maximum absolute atomic E-state index is 13.2. The summed E-state index contributed by atoms with van der Waals surface area (Å²) in [6, 6.07) is 8.82. The van der Waals surface area contributed by atoms with Crippen LogP contribution in [0, 0.1) is 18.7 Å². The topological polar surface area (TPSA) is 62.5 Å². The number of carboxylic acids is 1. The minimum Gasteiger partial charge on any atom is -0.481 e. The molecule has 24 heavy (non-hydrogen) atoms. The summed E-state index contributed by atoms with van der Waals surface area (Å²) in [7, 11) is 0. The Morgan fingerprint density at radius 2 is 2.00 bits per heavy atom. The normalized spacial score (nSPS) is 20.9. The molecule has 0 aliphatic heterocycles. The molecule has 1 aromatic carbocycles. The van der Waals surface area contributed by atoms with E-state index in [2.05, 4.69) is 5.32 Å². The molecule has 0 bridgehead atoms. The van der Waals surface area contributed by atoms with Gasteiger partial charge in [0.15, 0.2) is 0 Å². The summed E-state index contributed by atoms with van der Waals surface area (Å²) in [6.07, 6.45) is 3.21. The third-order valence-electron chi connectivity index (χ3n) is 4.76. The van der Waals surface area contributed by atoms with Crippen molar-refractivity contribution in [3.63, 3.8) is 0 Å². The monoisotopic (exact) mass is 331 g/mol. The summed E-state index contributed by atoms with van der Waals surface area (Å²) in [4.78, 5) is 11.0. The molecule has 1 heterocycles. The van der Waals surface area contributed by atoms with E-state index >= 15 is 0 Å². The van der Waals surface area contributed by atoms with Gasteiger partial charge in [-0.15, -0.1) is 0 Å². The van der Waals surface area contributed by atoms with Gasteiger partial charge in [0.05, 0.1) is 12.5 Å². The third-order valence-corrected chi connectivity index (χ3v) is 4.76. The molecule has 3 rings (SSSR count). The van der Waals surface area contributed by atoms with E-state index in [9.17, 15) is 9.18 Å². The SMILES string of the molecule is Cc1cc(F)ccc1-c1ccc(CNC2CCC(C(=O)O)CC2)o1. The number of nitrogens with one attached hydrogen (secondary N) is 1. The first-order chi connectivity index (χ1) is 11.5. The highest BCUT2D eigenvalue weighted by Gasteiger charge is 2.25. The maximum atomic E-state index is 13.2. The molecule has 0 atom stereocenters. The first kappa shape index (κ1) is 16.7. The fraction of sp³-hybridized carbons (Fsp3) is 0.421. The van der Waals surface area contributed by atoms with E-state index in [4.69, 9.17) is 9.52 Å². The largest absolute Gasteiger partial charge is 0.481 e. The Morgan fingerprint density at radius 1 is 1.25 bits per heavy atom. The molecule has 1 fully saturated rings. The van der Waals surface area contributed by atoms with Crippen molar-refractivity contribution in [3.05, 3.63) is 47.5 Å². The number of aryl methyl sites for hydroxylation is 1. The molecule has 1 aromatic heterocycles. The zero-order valence-electron chi connectivity index (χ0n) is 13.7. The number of carboxylic acid groups (broad SMARTS) is 1. The molecule has 2 aromatic rings. The van der Waals surface area contributed by atoms with Gasteiger partial charge >= 0.3 is 5.97 Å². The van der Waals surface area contributed by atoms with E-state index in [-0.39, 0.29) is 11.7 Å². The molecule has 5 heteroatoms. The van der Waals surface area contributed by atoms with E-state index in [1.54, 1.807) is 6.07 Å². The molecule has 0 radical (unpaired) electrons. The number of furan rings is 1. The highest BCUT2D eigenvalue weighted by Crippen LogP contribution is 2.27. The van der Waals surface area contributed by atoms with Gasteiger partial charge in [-0.05, 0) is 68.5 Å². The third kappa shape index (κ3) is 3.85. The number of hydrogen-bond donors (Lipinski definition) is 2. The minimum atomic E-state index is -0.682. The fourth-order valence-electron chi connectivity index (χ4n) is 3.31. The van der Waals surface area contributed by atoms with E-state index in [0.717, 1.165) is 48.3 Å². The lowest BCUT2D eigenvalue weighted by Crippen LogP contribution is -2.34. The quantitative estimate of drug-likeness (QED) is 0.865. The van der Waals surface area contributed by atoms with Gasteiger partial charge < -0.3 is 14.8 Å². The molecule has 1 saturated carbocycles. The summed E-state index contributed by atoms with van der Waals surface area (Å²) < 4.78 is 19.1. The van der Waals surface area contributed by atoms with Crippen LogP contribution in [0.3, 0.4) is 0 Å². The van der Waals surface area contributed by atoms with Gasteiger partial charge in [0.25, 0.3) is 0 Å². The molecular weight excluding hydrogens is 309 g/mol. The van der Waals surface area contributed by atoms with Crippen molar-refractivity contribution in [2.75, 3.05) is 0 Å². The molecule has 0 saturated heterocycles. The van der Waals surface area contributed by atoms with Gasteiger partial charge in [0, 0.05) is 11.6 Å². The zero-order valence-corrected chi connectivity index (χ0v) is 13.7. The van der Waals surface area contributed by atoms with Crippen molar-refractivity contribution in [1.29, 1.82) is 0 Å². The highest BCUT2D eigenvalue weighted by molar-refractivity contribution is 5.70. The van der Waals surface area contributed by atoms with Crippen molar-refractivity contribution in [3.8, 4) is 11.3 Å². The van der Waals surface area contributed by atoms with Crippen molar-refractivity contribution in [1.82, 2.24) is 5.32 Å². The van der Waals surface area contributed by atoms with Gasteiger partial charge in [-0.1, -0.05) is 0 Å². The van der Waals surface area contributed by atoms with Gasteiger partial charge in [-0.3, -0.25) is 4.79 Å². The van der Waals surface area contributed by atoms with E-state index < -0.39 is 5.97 Å². The first-order valence-electron chi connectivity index (χ1n) is 8.34. The summed E-state index contributed by atoms with van der Waals surface area (Å²) in [6.45, 7) is 2.47. The van der Waals surface area contributed by atoms with Gasteiger partial charge in [-0.25, -0.2) is 4.39 Å². The zero-order chi connectivity index (χ0) is 17.1. The van der Waals surface area contributed by atoms with Crippen LogP contribution in [0.25, 0.3) is 11.3 Å². The Bertz CT molecular complexity index is 717. The van der Waals surface area contributed by atoms with Crippen LogP contribution < -0.4 is 5.32 Å². The molecule has 2 N–H and O–H groups in total. The lowest BCUT2D eigenvalue weighted by molar-refractivity contribution is -0.142. The molecule has 128 valence electrons. The molecular formula is C19H22FNO3. The van der Waals surface area contributed by atoms with E-state index in [1.165, 1.54) is 12.1 Å². The average Bonchev–Trinajstić information content (AvgIpc) is 3.02. The molecule has 0 unspecified atom stereocenters. The summed E-state index contributed by atoms with van der Waals surface area (Å²) in [5.74, 6) is 0.438. The Kier molecular flexibility index (Phi) is 5.00. The Hall–Kier alpha value is -2.14. The van der Waals surface area contributed by atoms with Crippen molar-refractivity contribution in [2.24, 2.45) is 5.92 Å². The number of aliphatic carboxylic acids is 1. The van der Waals surface area contributed by atoms with Crippen LogP contribution in [0.1, 0.15) is 37.0 Å². The number of halogens is 1. The van der Waals surface area contributed by atoms with Gasteiger partial charge in [-0.2, -0.15) is 0 Å². The predicted molar refractivity (Wildman–Crippen MR) is 89.1 cm³/mol. The van der Waals surface area contributed by atoms with Crippen LogP contribution in [0.5, 0.6) is 0 Å². The van der Waals surface area contributed by atoms with Crippen molar-refractivity contribution >= 4 is 5.97 Å². The first-order valence-corrected chi connectivity index (χ1v) is 8.34. The van der Waals surface area contributed by atoms with Crippen LogP contribution in [0.15, 0.2) is 34.7 Å². The number of benzene rings is 1. The summed E-state index contributed by atoms with van der Waals surface area (Å²) in [5.41, 5.74) is 1.74. The second kappa shape index (κ2) is 7.18. The number of rotatable bonds is 5. The Labute approximate surface area is 140 Å². The molecule has 0 amide bonds. The molecule has 4 nitrogen and oxygen atoms in total. The predicted octanol–water partition coefficient (Wildman–Crippen LogP) is 4.13. The van der Waals surface area contributed by atoms with Crippen molar-refractivity contribution < 1.29 is 18.7 Å². The van der Waals surface area contributed by atoms with Gasteiger partial charge in [0.2, 0.25) is 0 Å². The lowest BCUT2D eigenvalue weighted by atomic mass is 9.86. The molecule has 0 spiro atoms. The number of hydrogen-bond acceptors (Lipinski definition) is 3. The summed E-state index contributed by atoms with van der Waals surface area (Å²) >= 11 is 0. The second-order valence-electron chi connectivity index (χ2n) is 6.49. The fourth-order valence-corrected chi connectivity index (χ4v) is 3.31. The van der Waals surface area contributed by atoms with Crippen LogP contribution in [0.2, 0.25) is 0 Å². The maximum Gasteiger partial charge on any atom is 0.306 e. The van der Waals surface area contributed by atoms with Crippen LogP contribution >= 0.6 is 0 Å². The van der Waals surface area contributed by atoms with E-state index in [0.29, 0.717) is 12.6 Å². The van der Waals surface area contributed by atoms with Gasteiger partial charge in [0.1, 0.15) is 17.3 Å². The van der Waals surface area contributed by atoms with Crippen LogP contribution in [-0.2, 0) is 11.3 Å². The van der Waals surface area contributed by atoms with Crippen LogP contribution in [0.4, 0.5) is 4.39 Å². The lowest BCUT2D eigenvalue weighted by Gasteiger charge is -2.26. The molecule has 1 aliphatic carbocycles. The smallest absolute Gasteiger partial charge is 0.306 e. The second-order valence-corrected chi connectivity index (χ2v) is 6.49.